The summed E-state index contributed by atoms with van der Waals surface area (Å²) in [4.78, 5) is 4.53. The summed E-state index contributed by atoms with van der Waals surface area (Å²) in [6.45, 7) is 4.15. The summed E-state index contributed by atoms with van der Waals surface area (Å²) < 4.78 is 5.70. The molecule has 13 heavy (non-hydrogen) atoms. The number of hydrogen-bond donors (Lipinski definition) is 1. The van der Waals surface area contributed by atoms with Crippen LogP contribution in [0.3, 0.4) is 0 Å². The predicted molar refractivity (Wildman–Crippen MR) is 52.8 cm³/mol. The zero-order chi connectivity index (χ0) is 9.42. The van der Waals surface area contributed by atoms with E-state index in [1.807, 2.05) is 0 Å². The van der Waals surface area contributed by atoms with Crippen molar-refractivity contribution >= 4 is 5.84 Å². The summed E-state index contributed by atoms with van der Waals surface area (Å²) in [6, 6.07) is 0.348. The molecule has 2 rings (SSSR count). The average molecular weight is 182 g/mol. The highest BCUT2D eigenvalue weighted by Crippen LogP contribution is 2.36. The van der Waals surface area contributed by atoms with Gasteiger partial charge in [0.1, 0.15) is 0 Å². The van der Waals surface area contributed by atoms with Gasteiger partial charge in [0.25, 0.3) is 0 Å². The first-order valence-corrected chi connectivity index (χ1v) is 5.15. The van der Waals surface area contributed by atoms with Gasteiger partial charge in [-0.3, -0.25) is 4.99 Å². The van der Waals surface area contributed by atoms with Gasteiger partial charge in [-0.2, -0.15) is 0 Å². The maximum absolute atomic E-state index is 5.82. The van der Waals surface area contributed by atoms with Gasteiger partial charge < -0.3 is 10.5 Å². The summed E-state index contributed by atoms with van der Waals surface area (Å²) in [6.07, 6.45) is 4.31. The maximum atomic E-state index is 5.82. The Kier molecular flexibility index (Phi) is 2.28. The van der Waals surface area contributed by atoms with Crippen LogP contribution in [0.1, 0.15) is 33.1 Å². The summed E-state index contributed by atoms with van der Waals surface area (Å²) in [5.74, 6) is 1.14. The Balaban J connectivity index is 1.99. The minimum Gasteiger partial charge on any atom is -0.387 e. The third-order valence-electron chi connectivity index (χ3n) is 2.98. The summed E-state index contributed by atoms with van der Waals surface area (Å²) in [5, 5.41) is 0. The first-order valence-electron chi connectivity index (χ1n) is 5.15. The van der Waals surface area contributed by atoms with Crippen molar-refractivity contribution in [3.05, 3.63) is 0 Å². The number of hydrogen-bond acceptors (Lipinski definition) is 2. The summed E-state index contributed by atoms with van der Waals surface area (Å²) >= 11 is 0. The fourth-order valence-corrected chi connectivity index (χ4v) is 2.09. The van der Waals surface area contributed by atoms with Crippen LogP contribution >= 0.6 is 0 Å². The second kappa shape index (κ2) is 3.29. The predicted octanol–water partition coefficient (Wildman–Crippen LogP) is 1.32. The molecule has 2 fully saturated rings. The van der Waals surface area contributed by atoms with E-state index in [1.54, 1.807) is 0 Å². The standard InChI is InChI=1S/C10H18N2O/c1-6(2)10(11)12-8-5-7-3-4-9(8)13-7/h6-9H,3-5H2,1-2H3,(H2,11,12). The lowest BCUT2D eigenvalue weighted by atomic mass is 9.96. The van der Waals surface area contributed by atoms with Crippen molar-refractivity contribution in [3.63, 3.8) is 0 Å². The second-order valence-electron chi connectivity index (χ2n) is 4.39. The molecule has 0 spiro atoms. The molecule has 3 nitrogen and oxygen atoms in total. The van der Waals surface area contributed by atoms with Gasteiger partial charge in [0, 0.05) is 5.92 Å². The first-order chi connectivity index (χ1) is 6.16. The van der Waals surface area contributed by atoms with Crippen molar-refractivity contribution in [3.8, 4) is 0 Å². The van der Waals surface area contributed by atoms with Crippen LogP contribution in [0.2, 0.25) is 0 Å². The highest BCUT2D eigenvalue weighted by Gasteiger charge is 2.40. The monoisotopic (exact) mass is 182 g/mol. The van der Waals surface area contributed by atoms with Crippen molar-refractivity contribution in [2.45, 2.75) is 51.4 Å². The van der Waals surface area contributed by atoms with Gasteiger partial charge in [-0.1, -0.05) is 13.8 Å². The molecule has 3 unspecified atom stereocenters. The first kappa shape index (κ1) is 9.00. The van der Waals surface area contributed by atoms with Gasteiger partial charge in [0.15, 0.2) is 0 Å². The molecule has 2 saturated heterocycles. The minimum absolute atomic E-state index is 0.348. The highest BCUT2D eigenvalue weighted by molar-refractivity contribution is 5.82. The molecule has 0 radical (unpaired) electrons. The van der Waals surface area contributed by atoms with E-state index in [0.717, 1.165) is 12.3 Å². The molecule has 2 aliphatic heterocycles. The van der Waals surface area contributed by atoms with E-state index in [-0.39, 0.29) is 0 Å². The van der Waals surface area contributed by atoms with E-state index in [0.29, 0.717) is 24.2 Å². The largest absolute Gasteiger partial charge is 0.387 e. The van der Waals surface area contributed by atoms with Crippen molar-refractivity contribution in [1.82, 2.24) is 0 Å². The summed E-state index contributed by atoms with van der Waals surface area (Å²) in [7, 11) is 0. The van der Waals surface area contributed by atoms with Crippen molar-refractivity contribution in [2.24, 2.45) is 16.6 Å². The minimum atomic E-state index is 0.348. The Morgan fingerprint density at radius 1 is 1.46 bits per heavy atom. The molecule has 3 atom stereocenters. The fraction of sp³-hybridized carbons (Fsp3) is 0.900. The van der Waals surface area contributed by atoms with Gasteiger partial charge in [-0.15, -0.1) is 0 Å². The lowest BCUT2D eigenvalue weighted by molar-refractivity contribution is 0.101. The molecule has 0 aromatic rings. The van der Waals surface area contributed by atoms with E-state index in [4.69, 9.17) is 10.5 Å². The van der Waals surface area contributed by atoms with Crippen LogP contribution in [0.4, 0.5) is 0 Å². The van der Waals surface area contributed by atoms with Gasteiger partial charge in [0.2, 0.25) is 0 Å². The molecule has 3 heteroatoms. The fourth-order valence-electron chi connectivity index (χ4n) is 2.09. The molecule has 2 N–H and O–H groups in total. The lowest BCUT2D eigenvalue weighted by Crippen LogP contribution is -2.27. The zero-order valence-corrected chi connectivity index (χ0v) is 8.36. The number of nitrogens with zero attached hydrogens (tertiary/aromatic N) is 1. The van der Waals surface area contributed by atoms with Crippen LogP contribution in [0, 0.1) is 5.92 Å². The number of rotatable bonds is 2. The number of amidine groups is 1. The summed E-state index contributed by atoms with van der Waals surface area (Å²) in [5.41, 5.74) is 5.82. The highest BCUT2D eigenvalue weighted by atomic mass is 16.5. The zero-order valence-electron chi connectivity index (χ0n) is 8.36. The second-order valence-corrected chi connectivity index (χ2v) is 4.39. The third kappa shape index (κ3) is 1.70. The number of ether oxygens (including phenoxy) is 1. The van der Waals surface area contributed by atoms with Crippen molar-refractivity contribution in [1.29, 1.82) is 0 Å². The van der Waals surface area contributed by atoms with Crippen LogP contribution in [-0.2, 0) is 4.74 Å². The number of aliphatic imine (C=N–C) groups is 1. The SMILES string of the molecule is CC(C)C(N)=NC1CC2CCC1O2. The van der Waals surface area contributed by atoms with E-state index in [1.165, 1.54) is 12.8 Å². The lowest BCUT2D eigenvalue weighted by Gasteiger charge is -2.16. The van der Waals surface area contributed by atoms with Gasteiger partial charge in [0.05, 0.1) is 24.1 Å². The number of fused-ring (bicyclic) bond motifs is 2. The normalized spacial score (nSPS) is 39.0. The molecule has 0 aromatic carbocycles. The molecule has 0 aliphatic carbocycles. The van der Waals surface area contributed by atoms with Gasteiger partial charge in [-0.25, -0.2) is 0 Å². The molecule has 0 saturated carbocycles. The quantitative estimate of drug-likeness (QED) is 0.517. The van der Waals surface area contributed by atoms with E-state index < -0.39 is 0 Å². The molecule has 0 amide bonds. The Morgan fingerprint density at radius 3 is 2.69 bits per heavy atom. The van der Waals surface area contributed by atoms with Crippen LogP contribution < -0.4 is 5.73 Å². The molecule has 74 valence electrons. The molecule has 2 heterocycles. The molecular formula is C10H18N2O. The van der Waals surface area contributed by atoms with Crippen LogP contribution in [0.25, 0.3) is 0 Å². The van der Waals surface area contributed by atoms with Crippen molar-refractivity contribution in [2.75, 3.05) is 0 Å². The van der Waals surface area contributed by atoms with Gasteiger partial charge >= 0.3 is 0 Å². The van der Waals surface area contributed by atoms with Crippen LogP contribution in [-0.4, -0.2) is 24.1 Å². The molecule has 0 aromatic heterocycles. The average Bonchev–Trinajstić information content (AvgIpc) is 2.64. The van der Waals surface area contributed by atoms with Gasteiger partial charge in [-0.05, 0) is 19.3 Å². The Hall–Kier alpha value is -0.570. The Morgan fingerprint density at radius 2 is 2.23 bits per heavy atom. The van der Waals surface area contributed by atoms with E-state index in [2.05, 4.69) is 18.8 Å². The maximum Gasteiger partial charge on any atom is 0.0967 e. The van der Waals surface area contributed by atoms with E-state index >= 15 is 0 Å². The van der Waals surface area contributed by atoms with Crippen molar-refractivity contribution < 1.29 is 4.74 Å². The molecule has 2 bridgehead atoms. The van der Waals surface area contributed by atoms with Crippen LogP contribution in [0.5, 0.6) is 0 Å². The van der Waals surface area contributed by atoms with E-state index in [9.17, 15) is 0 Å². The molecular weight excluding hydrogens is 164 g/mol. The third-order valence-corrected chi connectivity index (χ3v) is 2.98. The smallest absolute Gasteiger partial charge is 0.0967 e. The number of nitrogens with two attached hydrogens (primary N) is 1. The Labute approximate surface area is 79.4 Å². The van der Waals surface area contributed by atoms with Crippen LogP contribution in [0.15, 0.2) is 4.99 Å². The molecule has 2 aliphatic rings. The Bertz CT molecular complexity index is 225. The topological polar surface area (TPSA) is 47.6 Å².